The van der Waals surface area contributed by atoms with Gasteiger partial charge in [0.15, 0.2) is 0 Å². The summed E-state index contributed by atoms with van der Waals surface area (Å²) in [6.45, 7) is 0. The van der Waals surface area contributed by atoms with E-state index in [9.17, 15) is 5.26 Å². The number of fused-ring (bicyclic) bond motifs is 1. The molecule has 0 bridgehead atoms. The van der Waals surface area contributed by atoms with E-state index in [0.717, 1.165) is 33.4 Å². The summed E-state index contributed by atoms with van der Waals surface area (Å²) >= 11 is 5.93. The summed E-state index contributed by atoms with van der Waals surface area (Å²) in [4.78, 5) is 0. The fourth-order valence-corrected chi connectivity index (χ4v) is 3.01. The van der Waals surface area contributed by atoms with Gasteiger partial charge in [-0.1, -0.05) is 72.3 Å². The fraction of sp³-hybridized carbons (Fsp3) is 0. The number of para-hydroxylation sites is 1. The Balaban J connectivity index is 1.59. The SMILES string of the molecule is N#Cc1cc(Cl)ccc1C=Cc1ccc(-c2cc3ccccc3o2)cc1. The summed E-state index contributed by atoms with van der Waals surface area (Å²) < 4.78 is 5.90. The molecule has 0 saturated heterocycles. The molecular formula is C23H14ClNO. The lowest BCUT2D eigenvalue weighted by molar-refractivity contribution is 0.631. The Kier molecular flexibility index (Phi) is 4.31. The van der Waals surface area contributed by atoms with Gasteiger partial charge in [0, 0.05) is 16.0 Å². The zero-order valence-corrected chi connectivity index (χ0v) is 14.6. The molecule has 0 aliphatic rings. The minimum atomic E-state index is 0.563. The predicted octanol–water partition coefficient (Wildman–Crippen LogP) is 6.80. The Morgan fingerprint density at radius 2 is 1.69 bits per heavy atom. The van der Waals surface area contributed by atoms with Crippen molar-refractivity contribution >= 4 is 34.7 Å². The molecule has 0 fully saturated rings. The van der Waals surface area contributed by atoms with Gasteiger partial charge in [-0.15, -0.1) is 0 Å². The maximum atomic E-state index is 9.21. The minimum Gasteiger partial charge on any atom is -0.456 e. The Morgan fingerprint density at radius 3 is 2.46 bits per heavy atom. The highest BCUT2D eigenvalue weighted by Gasteiger charge is 2.05. The number of hydrogen-bond acceptors (Lipinski definition) is 2. The average molecular weight is 356 g/mol. The van der Waals surface area contributed by atoms with Crippen molar-refractivity contribution in [2.45, 2.75) is 0 Å². The number of benzene rings is 3. The lowest BCUT2D eigenvalue weighted by atomic mass is 10.1. The molecule has 3 heteroatoms. The summed E-state index contributed by atoms with van der Waals surface area (Å²) in [7, 11) is 0. The highest BCUT2D eigenvalue weighted by molar-refractivity contribution is 6.30. The second kappa shape index (κ2) is 6.92. The van der Waals surface area contributed by atoms with E-state index in [1.807, 2.05) is 72.8 Å². The van der Waals surface area contributed by atoms with E-state index in [1.165, 1.54) is 0 Å². The third kappa shape index (κ3) is 3.26. The molecule has 0 N–H and O–H groups in total. The molecule has 26 heavy (non-hydrogen) atoms. The zero-order valence-electron chi connectivity index (χ0n) is 13.8. The van der Waals surface area contributed by atoms with Crippen LogP contribution in [0.2, 0.25) is 5.02 Å². The van der Waals surface area contributed by atoms with Crippen LogP contribution in [0.1, 0.15) is 16.7 Å². The van der Waals surface area contributed by atoms with Crippen molar-refractivity contribution in [3.8, 4) is 17.4 Å². The predicted molar refractivity (Wildman–Crippen MR) is 107 cm³/mol. The Bertz CT molecular complexity index is 1110. The van der Waals surface area contributed by atoms with Crippen LogP contribution in [0.5, 0.6) is 0 Å². The molecule has 1 heterocycles. The van der Waals surface area contributed by atoms with Crippen molar-refractivity contribution in [3.05, 3.63) is 94.5 Å². The van der Waals surface area contributed by atoms with Crippen LogP contribution in [0.3, 0.4) is 0 Å². The molecule has 4 rings (SSSR count). The summed E-state index contributed by atoms with van der Waals surface area (Å²) in [5, 5.41) is 10.9. The van der Waals surface area contributed by atoms with Crippen molar-refractivity contribution in [1.82, 2.24) is 0 Å². The Morgan fingerprint density at radius 1 is 0.885 bits per heavy atom. The van der Waals surface area contributed by atoms with E-state index >= 15 is 0 Å². The van der Waals surface area contributed by atoms with Crippen LogP contribution in [-0.4, -0.2) is 0 Å². The first-order chi connectivity index (χ1) is 12.7. The van der Waals surface area contributed by atoms with E-state index in [2.05, 4.69) is 6.07 Å². The molecule has 2 nitrogen and oxygen atoms in total. The molecule has 124 valence electrons. The molecular weight excluding hydrogens is 342 g/mol. The molecule has 0 spiro atoms. The molecule has 0 radical (unpaired) electrons. The summed E-state index contributed by atoms with van der Waals surface area (Å²) in [6.07, 6.45) is 3.90. The number of rotatable bonds is 3. The van der Waals surface area contributed by atoms with Crippen molar-refractivity contribution in [1.29, 1.82) is 5.26 Å². The quantitative estimate of drug-likeness (QED) is 0.379. The summed E-state index contributed by atoms with van der Waals surface area (Å²) in [5.74, 6) is 0.853. The van der Waals surface area contributed by atoms with Crippen molar-refractivity contribution in [2.24, 2.45) is 0 Å². The highest BCUT2D eigenvalue weighted by Crippen LogP contribution is 2.28. The zero-order chi connectivity index (χ0) is 17.9. The molecule has 0 aliphatic heterocycles. The topological polar surface area (TPSA) is 36.9 Å². The second-order valence-electron chi connectivity index (χ2n) is 5.95. The van der Waals surface area contributed by atoms with Crippen LogP contribution in [0.4, 0.5) is 0 Å². The number of nitrogens with zero attached hydrogens (tertiary/aromatic N) is 1. The molecule has 3 aromatic carbocycles. The van der Waals surface area contributed by atoms with Crippen LogP contribution in [0.25, 0.3) is 34.4 Å². The van der Waals surface area contributed by atoms with Crippen molar-refractivity contribution < 1.29 is 4.42 Å². The number of furan rings is 1. The molecule has 0 amide bonds. The molecule has 0 aliphatic carbocycles. The van der Waals surface area contributed by atoms with Crippen LogP contribution < -0.4 is 0 Å². The van der Waals surface area contributed by atoms with Gasteiger partial charge in [-0.3, -0.25) is 0 Å². The van der Waals surface area contributed by atoms with Gasteiger partial charge in [-0.2, -0.15) is 5.26 Å². The first kappa shape index (κ1) is 16.2. The molecule has 0 saturated carbocycles. The molecule has 1 aromatic heterocycles. The summed E-state index contributed by atoms with van der Waals surface area (Å²) in [6, 6.07) is 25.6. The van der Waals surface area contributed by atoms with Gasteiger partial charge in [0.2, 0.25) is 0 Å². The maximum Gasteiger partial charge on any atom is 0.135 e. The van der Waals surface area contributed by atoms with Gasteiger partial charge in [0.25, 0.3) is 0 Å². The van der Waals surface area contributed by atoms with Gasteiger partial charge in [-0.25, -0.2) is 0 Å². The largest absolute Gasteiger partial charge is 0.456 e. The van der Waals surface area contributed by atoms with Gasteiger partial charge in [0.05, 0.1) is 11.6 Å². The third-order valence-electron chi connectivity index (χ3n) is 4.21. The Labute approximate surface area is 156 Å². The maximum absolute atomic E-state index is 9.21. The highest BCUT2D eigenvalue weighted by atomic mass is 35.5. The number of hydrogen-bond donors (Lipinski definition) is 0. The van der Waals surface area contributed by atoms with Gasteiger partial charge in [-0.05, 0) is 35.4 Å². The van der Waals surface area contributed by atoms with Gasteiger partial charge >= 0.3 is 0 Å². The van der Waals surface area contributed by atoms with Gasteiger partial charge < -0.3 is 4.42 Å². The van der Waals surface area contributed by atoms with Crippen LogP contribution in [-0.2, 0) is 0 Å². The standard InChI is InChI=1S/C23H14ClNO/c24-21-12-11-17(20(13-21)15-25)8-5-16-6-9-18(10-7-16)23-14-19-3-1-2-4-22(19)26-23/h1-14H. The Hall–Kier alpha value is -3.28. The summed E-state index contributed by atoms with van der Waals surface area (Å²) in [5.41, 5.74) is 4.37. The first-order valence-electron chi connectivity index (χ1n) is 8.20. The molecule has 0 atom stereocenters. The third-order valence-corrected chi connectivity index (χ3v) is 4.45. The lowest BCUT2D eigenvalue weighted by Crippen LogP contribution is -1.81. The van der Waals surface area contributed by atoms with Crippen LogP contribution in [0, 0.1) is 11.3 Å². The minimum absolute atomic E-state index is 0.563. The number of nitriles is 1. The number of halogens is 1. The average Bonchev–Trinajstić information content (AvgIpc) is 3.11. The van der Waals surface area contributed by atoms with Crippen LogP contribution >= 0.6 is 11.6 Å². The van der Waals surface area contributed by atoms with Gasteiger partial charge in [0.1, 0.15) is 11.3 Å². The first-order valence-corrected chi connectivity index (χ1v) is 8.57. The van der Waals surface area contributed by atoms with E-state index in [1.54, 1.807) is 12.1 Å². The lowest BCUT2D eigenvalue weighted by Gasteiger charge is -2.00. The van der Waals surface area contributed by atoms with E-state index in [0.29, 0.717) is 10.6 Å². The monoisotopic (exact) mass is 355 g/mol. The van der Waals surface area contributed by atoms with E-state index < -0.39 is 0 Å². The van der Waals surface area contributed by atoms with E-state index in [-0.39, 0.29) is 0 Å². The smallest absolute Gasteiger partial charge is 0.135 e. The second-order valence-corrected chi connectivity index (χ2v) is 6.38. The van der Waals surface area contributed by atoms with Crippen molar-refractivity contribution in [2.75, 3.05) is 0 Å². The molecule has 4 aromatic rings. The molecule has 0 unspecified atom stereocenters. The van der Waals surface area contributed by atoms with E-state index in [4.69, 9.17) is 16.0 Å². The normalized spacial score (nSPS) is 11.1. The van der Waals surface area contributed by atoms with Crippen LogP contribution in [0.15, 0.2) is 77.2 Å². The van der Waals surface area contributed by atoms with Crippen molar-refractivity contribution in [3.63, 3.8) is 0 Å². The fourth-order valence-electron chi connectivity index (χ4n) is 2.84.